The third-order valence-electron chi connectivity index (χ3n) is 4.31. The Kier molecular flexibility index (Phi) is 5.20. The summed E-state index contributed by atoms with van der Waals surface area (Å²) in [4.78, 5) is 27.1. The Morgan fingerprint density at radius 1 is 1.20 bits per heavy atom. The molecule has 7 nitrogen and oxygen atoms in total. The van der Waals surface area contributed by atoms with Crippen molar-refractivity contribution in [1.29, 1.82) is 0 Å². The normalized spacial score (nSPS) is 16.3. The SMILES string of the molecule is Cc1cc([N+](=O)[O-])ccc1-c1ccc(/C=C2\SC(=Nc3ccccc3F)NC2=O)o1. The number of furan rings is 1. The molecule has 30 heavy (non-hydrogen) atoms. The first kappa shape index (κ1) is 19.6. The average Bonchev–Trinajstić information content (AvgIpc) is 3.30. The molecule has 4 rings (SSSR count). The molecule has 0 radical (unpaired) electrons. The number of nitrogens with one attached hydrogen (secondary N) is 1. The number of halogens is 1. The van der Waals surface area contributed by atoms with Crippen molar-refractivity contribution in [2.45, 2.75) is 6.92 Å². The van der Waals surface area contributed by atoms with Gasteiger partial charge in [0, 0.05) is 23.8 Å². The highest BCUT2D eigenvalue weighted by Crippen LogP contribution is 2.32. The molecule has 150 valence electrons. The predicted octanol–water partition coefficient (Wildman–Crippen LogP) is 5.19. The predicted molar refractivity (Wildman–Crippen MR) is 113 cm³/mol. The number of non-ortho nitro benzene ring substituents is 1. The Bertz CT molecular complexity index is 1230. The van der Waals surface area contributed by atoms with Crippen LogP contribution in [0, 0.1) is 22.9 Å². The summed E-state index contributed by atoms with van der Waals surface area (Å²) in [6, 6.07) is 14.0. The first-order valence-electron chi connectivity index (χ1n) is 8.80. The number of para-hydroxylation sites is 1. The van der Waals surface area contributed by atoms with E-state index in [1.54, 1.807) is 43.3 Å². The molecule has 0 aliphatic carbocycles. The van der Waals surface area contributed by atoms with E-state index < -0.39 is 10.7 Å². The molecule has 1 fully saturated rings. The van der Waals surface area contributed by atoms with Crippen LogP contribution in [0.2, 0.25) is 0 Å². The summed E-state index contributed by atoms with van der Waals surface area (Å²) in [7, 11) is 0. The Hall–Kier alpha value is -3.72. The zero-order valence-electron chi connectivity index (χ0n) is 15.6. The Balaban J connectivity index is 1.57. The largest absolute Gasteiger partial charge is 0.457 e. The number of hydrogen-bond acceptors (Lipinski definition) is 6. The van der Waals surface area contributed by atoms with Gasteiger partial charge in [-0.15, -0.1) is 0 Å². The smallest absolute Gasteiger partial charge is 0.269 e. The second-order valence-electron chi connectivity index (χ2n) is 6.39. The number of thioether (sulfide) groups is 1. The van der Waals surface area contributed by atoms with E-state index in [1.807, 2.05) is 0 Å². The van der Waals surface area contributed by atoms with Gasteiger partial charge in [0.1, 0.15) is 23.0 Å². The van der Waals surface area contributed by atoms with Gasteiger partial charge in [0.05, 0.1) is 9.83 Å². The van der Waals surface area contributed by atoms with E-state index in [2.05, 4.69) is 10.3 Å². The molecule has 0 bridgehead atoms. The van der Waals surface area contributed by atoms with Crippen molar-refractivity contribution < 1.29 is 18.5 Å². The average molecular weight is 423 g/mol. The van der Waals surface area contributed by atoms with E-state index in [1.165, 1.54) is 24.3 Å². The molecule has 9 heteroatoms. The molecule has 0 unspecified atom stereocenters. The van der Waals surface area contributed by atoms with Crippen LogP contribution >= 0.6 is 11.8 Å². The summed E-state index contributed by atoms with van der Waals surface area (Å²) in [5.74, 6) is 0.122. The van der Waals surface area contributed by atoms with E-state index in [0.717, 1.165) is 17.3 Å². The Labute approximate surface area is 174 Å². The minimum absolute atomic E-state index is 0.00541. The number of rotatable bonds is 4. The lowest BCUT2D eigenvalue weighted by Gasteiger charge is -2.02. The first-order chi connectivity index (χ1) is 14.4. The molecule has 1 aliphatic rings. The first-order valence-corrected chi connectivity index (χ1v) is 9.62. The summed E-state index contributed by atoms with van der Waals surface area (Å²) >= 11 is 1.08. The topological polar surface area (TPSA) is 97.7 Å². The van der Waals surface area contributed by atoms with Gasteiger partial charge in [0.15, 0.2) is 5.17 Å². The minimum Gasteiger partial charge on any atom is -0.457 e. The zero-order chi connectivity index (χ0) is 21.3. The molecule has 3 aromatic rings. The van der Waals surface area contributed by atoms with Crippen LogP contribution in [-0.4, -0.2) is 16.0 Å². The molecular formula is C21H14FN3O4S. The van der Waals surface area contributed by atoms with E-state index in [9.17, 15) is 19.3 Å². The number of nitro benzene ring substituents is 1. The maximum Gasteiger partial charge on any atom is 0.269 e. The number of nitrogens with zero attached hydrogens (tertiary/aromatic N) is 2. The number of amides is 1. The van der Waals surface area contributed by atoms with Gasteiger partial charge in [-0.05, 0) is 54.6 Å². The molecule has 1 aliphatic heterocycles. The number of benzene rings is 2. The number of nitro groups is 1. The number of aryl methyl sites for hydroxylation is 1. The third kappa shape index (κ3) is 4.01. The van der Waals surface area contributed by atoms with Gasteiger partial charge in [-0.2, -0.15) is 0 Å². The van der Waals surface area contributed by atoms with Crippen LogP contribution in [0.3, 0.4) is 0 Å². The van der Waals surface area contributed by atoms with Gasteiger partial charge in [0.25, 0.3) is 11.6 Å². The van der Waals surface area contributed by atoms with Gasteiger partial charge in [0.2, 0.25) is 0 Å². The maximum absolute atomic E-state index is 13.8. The van der Waals surface area contributed by atoms with Crippen LogP contribution in [0.15, 0.2) is 68.9 Å². The third-order valence-corrected chi connectivity index (χ3v) is 5.22. The van der Waals surface area contributed by atoms with Crippen LogP contribution in [-0.2, 0) is 4.79 Å². The summed E-state index contributed by atoms with van der Waals surface area (Å²) in [6.45, 7) is 1.76. The van der Waals surface area contributed by atoms with Crippen molar-refractivity contribution in [2.24, 2.45) is 4.99 Å². The summed E-state index contributed by atoms with van der Waals surface area (Å²) in [5, 5.41) is 13.8. The fourth-order valence-corrected chi connectivity index (χ4v) is 3.69. The van der Waals surface area contributed by atoms with Gasteiger partial charge in [-0.25, -0.2) is 9.38 Å². The highest BCUT2D eigenvalue weighted by atomic mass is 32.2. The zero-order valence-corrected chi connectivity index (χ0v) is 16.4. The fraction of sp³-hybridized carbons (Fsp3) is 0.0476. The Morgan fingerprint density at radius 3 is 2.73 bits per heavy atom. The van der Waals surface area contributed by atoms with Crippen LogP contribution in [0.4, 0.5) is 15.8 Å². The summed E-state index contributed by atoms with van der Waals surface area (Å²) in [5.41, 5.74) is 1.56. The van der Waals surface area contributed by atoms with Crippen molar-refractivity contribution >= 4 is 40.3 Å². The fourth-order valence-electron chi connectivity index (χ4n) is 2.87. The van der Waals surface area contributed by atoms with Crippen molar-refractivity contribution in [3.05, 3.63) is 86.8 Å². The van der Waals surface area contributed by atoms with Gasteiger partial charge >= 0.3 is 0 Å². The molecule has 2 heterocycles. The molecule has 1 saturated heterocycles. The lowest BCUT2D eigenvalue weighted by atomic mass is 10.1. The molecule has 0 spiro atoms. The lowest BCUT2D eigenvalue weighted by Crippen LogP contribution is -2.19. The number of hydrogen-bond donors (Lipinski definition) is 1. The van der Waals surface area contributed by atoms with Crippen molar-refractivity contribution in [1.82, 2.24) is 5.32 Å². The molecular weight excluding hydrogens is 409 g/mol. The highest BCUT2D eigenvalue weighted by Gasteiger charge is 2.24. The van der Waals surface area contributed by atoms with Crippen LogP contribution in [0.1, 0.15) is 11.3 Å². The van der Waals surface area contributed by atoms with Crippen molar-refractivity contribution in [3.8, 4) is 11.3 Å². The van der Waals surface area contributed by atoms with Crippen LogP contribution in [0.5, 0.6) is 0 Å². The molecule has 1 aromatic heterocycles. The van der Waals surface area contributed by atoms with Gasteiger partial charge in [-0.1, -0.05) is 12.1 Å². The number of aliphatic imine (C=N–C) groups is 1. The quantitative estimate of drug-likeness (QED) is 0.354. The number of carbonyl (C=O) groups is 1. The van der Waals surface area contributed by atoms with Gasteiger partial charge < -0.3 is 9.73 Å². The van der Waals surface area contributed by atoms with Gasteiger partial charge in [-0.3, -0.25) is 14.9 Å². The monoisotopic (exact) mass is 423 g/mol. The van der Waals surface area contributed by atoms with Crippen LogP contribution < -0.4 is 5.32 Å². The van der Waals surface area contributed by atoms with E-state index >= 15 is 0 Å². The molecule has 0 saturated carbocycles. The lowest BCUT2D eigenvalue weighted by molar-refractivity contribution is -0.384. The molecule has 0 atom stereocenters. The standard InChI is InChI=1S/C21H14FN3O4S/c1-12-10-13(25(27)28)6-8-15(12)18-9-7-14(29-18)11-19-20(26)24-21(30-19)23-17-5-3-2-4-16(17)22/h2-11H,1H3,(H,23,24,26)/b19-11-. The number of amidine groups is 1. The second-order valence-corrected chi connectivity index (χ2v) is 7.42. The molecule has 2 aromatic carbocycles. The Morgan fingerprint density at radius 2 is 2.00 bits per heavy atom. The second kappa shape index (κ2) is 7.96. The summed E-state index contributed by atoms with van der Waals surface area (Å²) < 4.78 is 19.5. The maximum atomic E-state index is 13.8. The number of carbonyl (C=O) groups excluding carboxylic acids is 1. The summed E-state index contributed by atoms with van der Waals surface area (Å²) in [6.07, 6.45) is 1.56. The van der Waals surface area contributed by atoms with Crippen molar-refractivity contribution in [3.63, 3.8) is 0 Å². The van der Waals surface area contributed by atoms with Crippen LogP contribution in [0.25, 0.3) is 17.4 Å². The van der Waals surface area contributed by atoms with Crippen molar-refractivity contribution in [2.75, 3.05) is 0 Å². The highest BCUT2D eigenvalue weighted by molar-refractivity contribution is 8.18. The van der Waals surface area contributed by atoms with E-state index in [4.69, 9.17) is 4.42 Å². The minimum atomic E-state index is -0.480. The molecule has 1 N–H and O–H groups in total. The van der Waals surface area contributed by atoms with E-state index in [0.29, 0.717) is 22.0 Å². The van der Waals surface area contributed by atoms with E-state index in [-0.39, 0.29) is 22.4 Å². The molecule has 1 amide bonds.